The van der Waals surface area contributed by atoms with Gasteiger partial charge >= 0.3 is 6.09 Å². The predicted octanol–water partition coefficient (Wildman–Crippen LogP) is 6.31. The summed E-state index contributed by atoms with van der Waals surface area (Å²) in [4.78, 5) is 34.4. The van der Waals surface area contributed by atoms with Crippen LogP contribution in [0.2, 0.25) is 0 Å². The summed E-state index contributed by atoms with van der Waals surface area (Å²) in [6.45, 7) is 4.17. The monoisotopic (exact) mass is 584 g/mol. The molecule has 1 saturated heterocycles. The Balaban J connectivity index is 1.31. The number of carboxylic acid groups (broad SMARTS) is 1. The Labute approximate surface area is 226 Å². The molecule has 2 fully saturated rings. The topological polar surface area (TPSA) is 98.3 Å². The Hall–Kier alpha value is -3.27. The number of H-pyrrole nitrogens is 1. The highest BCUT2D eigenvalue weighted by molar-refractivity contribution is 9.10. The SMILES string of the molecule is CC(C)[C@H](NC(=O)O)C(=O)N1CC2(CC2)C[C@H]1c1ncc(-c2ccc3c(c2)C(F)(F)c2cc(Br)ccc2-3)[nH]1. The summed E-state index contributed by atoms with van der Waals surface area (Å²) in [6.07, 6.45) is 3.13. The number of nitrogens with one attached hydrogen (secondary N) is 2. The number of imidazole rings is 1. The van der Waals surface area contributed by atoms with Gasteiger partial charge in [0.05, 0.1) is 17.9 Å². The second kappa shape index (κ2) is 8.62. The number of fused-ring (bicyclic) bond motifs is 3. The van der Waals surface area contributed by atoms with Gasteiger partial charge in [-0.25, -0.2) is 9.78 Å². The first-order valence-corrected chi connectivity index (χ1v) is 13.5. The third kappa shape index (κ3) is 4.00. The van der Waals surface area contributed by atoms with Crippen LogP contribution in [0.25, 0.3) is 22.4 Å². The molecule has 2 atom stereocenters. The van der Waals surface area contributed by atoms with E-state index < -0.39 is 18.1 Å². The zero-order valence-electron chi connectivity index (χ0n) is 20.9. The van der Waals surface area contributed by atoms with Gasteiger partial charge in [-0.15, -0.1) is 0 Å². The lowest BCUT2D eigenvalue weighted by atomic mass is 10.0. The van der Waals surface area contributed by atoms with Gasteiger partial charge in [0, 0.05) is 27.7 Å². The van der Waals surface area contributed by atoms with E-state index in [2.05, 4.69) is 31.2 Å². The van der Waals surface area contributed by atoms with Crippen molar-refractivity contribution in [1.82, 2.24) is 20.2 Å². The van der Waals surface area contributed by atoms with Crippen LogP contribution in [0, 0.1) is 11.3 Å². The van der Waals surface area contributed by atoms with E-state index in [1.807, 2.05) is 13.8 Å². The molecule has 7 nitrogen and oxygen atoms in total. The molecule has 1 spiro atoms. The normalized spacial score (nSPS) is 20.9. The minimum absolute atomic E-state index is 0.0196. The van der Waals surface area contributed by atoms with Crippen LogP contribution in [0.4, 0.5) is 13.6 Å². The molecule has 2 heterocycles. The summed E-state index contributed by atoms with van der Waals surface area (Å²) >= 11 is 3.30. The highest BCUT2D eigenvalue weighted by atomic mass is 79.9. The van der Waals surface area contributed by atoms with Crippen LogP contribution in [0.1, 0.15) is 56.1 Å². The molecule has 6 rings (SSSR count). The molecule has 10 heteroatoms. The molecule has 2 aliphatic carbocycles. The van der Waals surface area contributed by atoms with E-state index in [4.69, 9.17) is 0 Å². The Morgan fingerprint density at radius 2 is 1.84 bits per heavy atom. The van der Waals surface area contributed by atoms with Crippen molar-refractivity contribution in [2.75, 3.05) is 6.54 Å². The van der Waals surface area contributed by atoms with Crippen molar-refractivity contribution in [3.63, 3.8) is 0 Å². The first-order valence-electron chi connectivity index (χ1n) is 12.7. The van der Waals surface area contributed by atoms with Gasteiger partial charge in [0.1, 0.15) is 11.9 Å². The minimum Gasteiger partial charge on any atom is -0.465 e. The number of halogens is 3. The summed E-state index contributed by atoms with van der Waals surface area (Å²) < 4.78 is 31.4. The number of carbonyl (C=O) groups is 2. The maximum absolute atomic E-state index is 15.4. The number of nitrogens with zero attached hydrogens (tertiary/aromatic N) is 2. The molecular weight excluding hydrogens is 558 g/mol. The molecule has 0 unspecified atom stereocenters. The van der Waals surface area contributed by atoms with Gasteiger partial charge in [-0.1, -0.05) is 48.0 Å². The van der Waals surface area contributed by atoms with E-state index in [0.717, 1.165) is 19.3 Å². The van der Waals surface area contributed by atoms with Crippen molar-refractivity contribution in [2.45, 2.75) is 51.1 Å². The molecule has 1 aliphatic heterocycles. The molecular formula is C28H27BrF2N4O3. The van der Waals surface area contributed by atoms with Gasteiger partial charge in [-0.05, 0) is 59.9 Å². The molecule has 2 aromatic carbocycles. The molecule has 198 valence electrons. The van der Waals surface area contributed by atoms with Crippen LogP contribution in [0.3, 0.4) is 0 Å². The molecule has 1 aromatic heterocycles. The first-order chi connectivity index (χ1) is 18.0. The third-order valence-electron chi connectivity index (χ3n) is 8.15. The Morgan fingerprint density at radius 3 is 2.50 bits per heavy atom. The fraction of sp³-hybridized carbons (Fsp3) is 0.393. The zero-order valence-corrected chi connectivity index (χ0v) is 22.5. The smallest absolute Gasteiger partial charge is 0.405 e. The van der Waals surface area contributed by atoms with Crippen LogP contribution in [0.5, 0.6) is 0 Å². The van der Waals surface area contributed by atoms with E-state index in [-0.39, 0.29) is 34.4 Å². The van der Waals surface area contributed by atoms with Gasteiger partial charge in [-0.2, -0.15) is 8.78 Å². The van der Waals surface area contributed by atoms with E-state index in [1.165, 1.54) is 12.1 Å². The maximum atomic E-state index is 15.4. The lowest BCUT2D eigenvalue weighted by Crippen LogP contribution is -2.51. The van der Waals surface area contributed by atoms with Crippen molar-refractivity contribution in [3.05, 3.63) is 64.0 Å². The summed E-state index contributed by atoms with van der Waals surface area (Å²) in [5, 5.41) is 11.6. The molecule has 3 aromatic rings. The number of aromatic nitrogens is 2. The number of hydrogen-bond acceptors (Lipinski definition) is 3. The summed E-state index contributed by atoms with van der Waals surface area (Å²) in [5.74, 6) is -3.03. The zero-order chi connectivity index (χ0) is 27.0. The lowest BCUT2D eigenvalue weighted by molar-refractivity contribution is -0.135. The molecule has 3 aliphatic rings. The molecule has 1 saturated carbocycles. The number of rotatable bonds is 5. The number of benzene rings is 2. The summed E-state index contributed by atoms with van der Waals surface area (Å²) in [7, 11) is 0. The van der Waals surface area contributed by atoms with Gasteiger partial charge in [-0.3, -0.25) is 4.79 Å². The number of carbonyl (C=O) groups excluding carboxylic acids is 1. The van der Waals surface area contributed by atoms with Crippen molar-refractivity contribution in [1.29, 1.82) is 0 Å². The Bertz CT molecular complexity index is 1470. The summed E-state index contributed by atoms with van der Waals surface area (Å²) in [6, 6.07) is 8.75. The fourth-order valence-electron chi connectivity index (χ4n) is 5.91. The van der Waals surface area contributed by atoms with Crippen LogP contribution < -0.4 is 5.32 Å². The standard InChI is InChI=1S/C28H27BrF2N4O3/c1-14(2)23(34-26(37)38)25(36)35-13-27(7-8-27)11-22(35)24-32-12-21(33-24)15-3-5-17-18-6-4-16(29)10-20(18)28(30,31)19(17)9-15/h3-6,9-10,12,14,22-23,34H,7-8,11,13H2,1-2H3,(H,32,33)(H,37,38)/t22-,23-/m0/s1. The fourth-order valence-corrected chi connectivity index (χ4v) is 6.27. The quantitative estimate of drug-likeness (QED) is 0.327. The second-order valence-electron chi connectivity index (χ2n) is 11.1. The minimum atomic E-state index is -3.12. The van der Waals surface area contributed by atoms with E-state index in [9.17, 15) is 14.7 Å². The number of aromatic amines is 1. The number of likely N-dealkylation sites (tertiary alicyclic amines) is 1. The Kier molecular flexibility index (Phi) is 5.68. The van der Waals surface area contributed by atoms with Gasteiger partial charge in [0.25, 0.3) is 5.92 Å². The van der Waals surface area contributed by atoms with Crippen molar-refractivity contribution < 1.29 is 23.5 Å². The number of amides is 2. The molecule has 2 amide bonds. The molecule has 38 heavy (non-hydrogen) atoms. The summed E-state index contributed by atoms with van der Waals surface area (Å²) in [5.41, 5.74) is 2.17. The molecule has 0 radical (unpaired) electrons. The molecule has 3 N–H and O–H groups in total. The highest BCUT2D eigenvalue weighted by Gasteiger charge is 2.55. The number of hydrogen-bond donors (Lipinski definition) is 3. The second-order valence-corrected chi connectivity index (χ2v) is 12.0. The Morgan fingerprint density at radius 1 is 1.16 bits per heavy atom. The van der Waals surface area contributed by atoms with Gasteiger partial charge < -0.3 is 20.3 Å². The van der Waals surface area contributed by atoms with Crippen molar-refractivity contribution in [2.24, 2.45) is 11.3 Å². The lowest BCUT2D eigenvalue weighted by Gasteiger charge is -2.29. The van der Waals surface area contributed by atoms with Gasteiger partial charge in [0.2, 0.25) is 5.91 Å². The van der Waals surface area contributed by atoms with Crippen molar-refractivity contribution in [3.8, 4) is 22.4 Å². The van der Waals surface area contributed by atoms with Crippen LogP contribution >= 0.6 is 15.9 Å². The van der Waals surface area contributed by atoms with Crippen LogP contribution in [-0.4, -0.2) is 44.6 Å². The average molecular weight is 585 g/mol. The van der Waals surface area contributed by atoms with Crippen LogP contribution in [-0.2, 0) is 10.7 Å². The van der Waals surface area contributed by atoms with E-state index in [0.29, 0.717) is 39.2 Å². The first kappa shape index (κ1) is 25.0. The molecule has 0 bridgehead atoms. The highest BCUT2D eigenvalue weighted by Crippen LogP contribution is 2.58. The van der Waals surface area contributed by atoms with E-state index >= 15 is 8.78 Å². The average Bonchev–Trinajstić information content (AvgIpc) is 3.20. The van der Waals surface area contributed by atoms with Crippen LogP contribution in [0.15, 0.2) is 47.1 Å². The maximum Gasteiger partial charge on any atom is 0.405 e. The largest absolute Gasteiger partial charge is 0.465 e. The number of alkyl halides is 2. The van der Waals surface area contributed by atoms with Crippen molar-refractivity contribution >= 4 is 27.9 Å². The third-order valence-corrected chi connectivity index (χ3v) is 8.64. The van der Waals surface area contributed by atoms with E-state index in [1.54, 1.807) is 35.4 Å². The van der Waals surface area contributed by atoms with Gasteiger partial charge in [0.15, 0.2) is 0 Å². The predicted molar refractivity (Wildman–Crippen MR) is 141 cm³/mol.